The fourth-order valence-corrected chi connectivity index (χ4v) is 2.23. The zero-order valence-electron chi connectivity index (χ0n) is 12.6. The Labute approximate surface area is 120 Å². The minimum atomic E-state index is -1.13. The Morgan fingerprint density at radius 1 is 1.45 bits per heavy atom. The monoisotopic (exact) mass is 280 g/mol. The molecule has 20 heavy (non-hydrogen) atoms. The maximum atomic E-state index is 11.8. The molecule has 0 aromatic heterocycles. The van der Waals surface area contributed by atoms with E-state index in [1.807, 2.05) is 49.2 Å². The van der Waals surface area contributed by atoms with E-state index >= 15 is 0 Å². The first kappa shape index (κ1) is 16.6. The summed E-state index contributed by atoms with van der Waals surface area (Å²) in [6, 6.07) is 9.38. The van der Waals surface area contributed by atoms with E-state index in [4.69, 9.17) is 4.74 Å². The first-order valence-electron chi connectivity index (χ1n) is 6.65. The molecule has 0 aliphatic rings. The van der Waals surface area contributed by atoms with Crippen LogP contribution in [0.15, 0.2) is 30.3 Å². The second kappa shape index (κ2) is 7.38. The van der Waals surface area contributed by atoms with E-state index in [0.717, 1.165) is 5.56 Å². The number of carboxylic acids is 1. The number of ether oxygens (including phenoxy) is 1. The fourth-order valence-electron chi connectivity index (χ4n) is 2.23. The summed E-state index contributed by atoms with van der Waals surface area (Å²) in [5, 5.41) is 12.7. The van der Waals surface area contributed by atoms with Crippen LogP contribution in [0, 0.1) is 0 Å². The molecule has 0 saturated carbocycles. The van der Waals surface area contributed by atoms with Gasteiger partial charge in [0.05, 0.1) is 6.61 Å². The number of nitrogens with one attached hydrogen (secondary N) is 1. The average Bonchev–Trinajstić information content (AvgIpc) is 2.45. The lowest BCUT2D eigenvalue weighted by Crippen LogP contribution is -2.56. The predicted molar refractivity (Wildman–Crippen MR) is 78.8 cm³/mol. The molecule has 5 nitrogen and oxygen atoms in total. The topological polar surface area (TPSA) is 61.8 Å². The van der Waals surface area contributed by atoms with E-state index in [0.29, 0.717) is 13.2 Å². The van der Waals surface area contributed by atoms with Crippen molar-refractivity contribution in [1.82, 2.24) is 10.2 Å². The number of rotatable bonds is 8. The van der Waals surface area contributed by atoms with Crippen LogP contribution in [-0.2, 0) is 15.1 Å². The summed E-state index contributed by atoms with van der Waals surface area (Å²) in [5.41, 5.74) is -0.385. The summed E-state index contributed by atoms with van der Waals surface area (Å²) in [4.78, 5) is 13.8. The Hall–Kier alpha value is -1.43. The van der Waals surface area contributed by atoms with Crippen molar-refractivity contribution in [1.29, 1.82) is 0 Å². The molecular weight excluding hydrogens is 256 g/mol. The van der Waals surface area contributed by atoms with Crippen LogP contribution in [0.2, 0.25) is 0 Å². The standard InChI is InChI=1S/C15H24N2O3/c1-12(10-20-4)17(3)11-15(16-2,14(18)19)13-8-6-5-7-9-13/h5-9,12,16H,10-11H2,1-4H3,(H,18,19). The second-order valence-electron chi connectivity index (χ2n) is 5.05. The Kier molecular flexibility index (Phi) is 6.13. The van der Waals surface area contributed by atoms with Gasteiger partial charge in [0.25, 0.3) is 0 Å². The molecule has 2 unspecified atom stereocenters. The molecule has 0 fully saturated rings. The molecular formula is C15H24N2O3. The number of benzene rings is 1. The number of carbonyl (C=O) groups is 1. The quantitative estimate of drug-likeness (QED) is 0.748. The molecule has 0 heterocycles. The summed E-state index contributed by atoms with van der Waals surface area (Å²) < 4.78 is 5.13. The summed E-state index contributed by atoms with van der Waals surface area (Å²) >= 11 is 0. The van der Waals surface area contributed by atoms with Crippen molar-refractivity contribution >= 4 is 5.97 Å². The largest absolute Gasteiger partial charge is 0.480 e. The molecule has 0 amide bonds. The van der Waals surface area contributed by atoms with Crippen molar-refractivity contribution in [3.05, 3.63) is 35.9 Å². The molecule has 2 N–H and O–H groups in total. The van der Waals surface area contributed by atoms with E-state index in [2.05, 4.69) is 5.32 Å². The minimum Gasteiger partial charge on any atom is -0.480 e. The molecule has 0 bridgehead atoms. The van der Waals surface area contributed by atoms with Crippen molar-refractivity contribution in [2.75, 3.05) is 34.4 Å². The van der Waals surface area contributed by atoms with Gasteiger partial charge in [0.1, 0.15) is 0 Å². The van der Waals surface area contributed by atoms with Crippen molar-refractivity contribution in [3.8, 4) is 0 Å². The molecule has 1 aromatic rings. The van der Waals surface area contributed by atoms with Crippen LogP contribution in [0.4, 0.5) is 0 Å². The highest BCUT2D eigenvalue weighted by Crippen LogP contribution is 2.23. The number of carboxylic acid groups (broad SMARTS) is 1. The highest BCUT2D eigenvalue weighted by atomic mass is 16.5. The van der Waals surface area contributed by atoms with Crippen LogP contribution in [0.1, 0.15) is 12.5 Å². The maximum Gasteiger partial charge on any atom is 0.329 e. The van der Waals surface area contributed by atoms with Gasteiger partial charge < -0.3 is 15.2 Å². The number of hydrogen-bond donors (Lipinski definition) is 2. The van der Waals surface area contributed by atoms with Crippen LogP contribution in [0.25, 0.3) is 0 Å². The average molecular weight is 280 g/mol. The van der Waals surface area contributed by atoms with Gasteiger partial charge in [0.2, 0.25) is 0 Å². The SMILES string of the molecule is CNC(CN(C)C(C)COC)(C(=O)O)c1ccccc1. The van der Waals surface area contributed by atoms with Crippen molar-refractivity contribution in [2.45, 2.75) is 18.5 Å². The normalized spacial score (nSPS) is 15.8. The molecule has 0 aliphatic carbocycles. The molecule has 0 radical (unpaired) electrons. The molecule has 112 valence electrons. The fraction of sp³-hybridized carbons (Fsp3) is 0.533. The maximum absolute atomic E-state index is 11.8. The van der Waals surface area contributed by atoms with E-state index in [9.17, 15) is 9.90 Å². The van der Waals surface area contributed by atoms with Gasteiger partial charge >= 0.3 is 5.97 Å². The summed E-state index contributed by atoms with van der Waals surface area (Å²) in [6.07, 6.45) is 0. The van der Waals surface area contributed by atoms with E-state index in [1.54, 1.807) is 14.2 Å². The Balaban J connectivity index is 3.04. The van der Waals surface area contributed by atoms with Crippen molar-refractivity contribution in [3.63, 3.8) is 0 Å². The first-order chi connectivity index (χ1) is 9.47. The number of aliphatic carboxylic acids is 1. The van der Waals surface area contributed by atoms with Gasteiger partial charge in [-0.1, -0.05) is 30.3 Å². The highest BCUT2D eigenvalue weighted by Gasteiger charge is 2.40. The van der Waals surface area contributed by atoms with Crippen molar-refractivity contribution < 1.29 is 14.6 Å². The Morgan fingerprint density at radius 3 is 2.50 bits per heavy atom. The van der Waals surface area contributed by atoms with Gasteiger partial charge in [-0.25, -0.2) is 4.79 Å². The molecule has 0 saturated heterocycles. The van der Waals surface area contributed by atoms with Gasteiger partial charge in [0, 0.05) is 19.7 Å². The van der Waals surface area contributed by atoms with Crippen LogP contribution in [0.3, 0.4) is 0 Å². The minimum absolute atomic E-state index is 0.135. The lowest BCUT2D eigenvalue weighted by molar-refractivity contribution is -0.146. The van der Waals surface area contributed by atoms with Crippen molar-refractivity contribution in [2.24, 2.45) is 0 Å². The van der Waals surface area contributed by atoms with Gasteiger partial charge in [0.15, 0.2) is 5.54 Å². The van der Waals surface area contributed by atoms with Crippen LogP contribution in [-0.4, -0.2) is 56.4 Å². The molecule has 0 aliphatic heterocycles. The highest BCUT2D eigenvalue weighted by molar-refractivity contribution is 5.81. The molecule has 1 rings (SSSR count). The smallest absolute Gasteiger partial charge is 0.329 e. The Bertz CT molecular complexity index is 424. The molecule has 1 aromatic carbocycles. The molecule has 2 atom stereocenters. The Morgan fingerprint density at radius 2 is 2.05 bits per heavy atom. The van der Waals surface area contributed by atoms with Gasteiger partial charge in [-0.3, -0.25) is 4.90 Å². The number of hydrogen-bond acceptors (Lipinski definition) is 4. The van der Waals surface area contributed by atoms with Crippen LogP contribution >= 0.6 is 0 Å². The predicted octanol–water partition coefficient (Wildman–Crippen LogP) is 1.15. The van der Waals surface area contributed by atoms with E-state index < -0.39 is 11.5 Å². The van der Waals surface area contributed by atoms with E-state index in [1.165, 1.54) is 0 Å². The second-order valence-corrected chi connectivity index (χ2v) is 5.05. The van der Waals surface area contributed by atoms with Gasteiger partial charge in [-0.05, 0) is 26.6 Å². The van der Waals surface area contributed by atoms with Gasteiger partial charge in [-0.15, -0.1) is 0 Å². The number of nitrogens with zero attached hydrogens (tertiary/aromatic N) is 1. The summed E-state index contributed by atoms with van der Waals surface area (Å²) in [6.45, 7) is 2.93. The lowest BCUT2D eigenvalue weighted by Gasteiger charge is -2.36. The third-order valence-electron chi connectivity index (χ3n) is 3.71. The molecule has 0 spiro atoms. The third kappa shape index (κ3) is 3.56. The zero-order chi connectivity index (χ0) is 15.2. The zero-order valence-corrected chi connectivity index (χ0v) is 12.6. The van der Waals surface area contributed by atoms with E-state index in [-0.39, 0.29) is 6.04 Å². The summed E-state index contributed by atoms with van der Waals surface area (Å²) in [7, 11) is 5.22. The number of likely N-dealkylation sites (N-methyl/N-ethyl adjacent to an activating group) is 2. The lowest BCUT2D eigenvalue weighted by atomic mass is 9.89. The first-order valence-corrected chi connectivity index (χ1v) is 6.65. The van der Waals surface area contributed by atoms with Crippen LogP contribution in [0.5, 0.6) is 0 Å². The summed E-state index contributed by atoms with van der Waals surface area (Å²) in [5.74, 6) is -0.886. The van der Waals surface area contributed by atoms with Crippen LogP contribution < -0.4 is 5.32 Å². The molecule has 5 heteroatoms. The number of methoxy groups -OCH3 is 1. The van der Waals surface area contributed by atoms with Gasteiger partial charge in [-0.2, -0.15) is 0 Å². The third-order valence-corrected chi connectivity index (χ3v) is 3.71.